The molecule has 0 bridgehead atoms. The van der Waals surface area contributed by atoms with Crippen LogP contribution in [0, 0.1) is 0 Å². The van der Waals surface area contributed by atoms with Crippen LogP contribution < -0.4 is 13.4 Å². The zero-order valence-corrected chi connectivity index (χ0v) is 16.8. The summed E-state index contributed by atoms with van der Waals surface area (Å²) in [6, 6.07) is 41.5. The Morgan fingerprint density at radius 1 is 0.385 bits per heavy atom. The third-order valence-corrected chi connectivity index (χ3v) is 9.69. The van der Waals surface area contributed by atoms with Crippen LogP contribution in [0.25, 0.3) is 0 Å². The summed E-state index contributed by atoms with van der Waals surface area (Å²) in [5, 5.41) is 0. The number of benzene rings is 4. The molecule has 0 amide bonds. The van der Waals surface area contributed by atoms with Gasteiger partial charge in [0.25, 0.3) is 0 Å². The molecule has 0 aromatic heterocycles. The number of hydrogen-bond donors (Lipinski definition) is 0. The van der Waals surface area contributed by atoms with E-state index < -0.39 is 13.9 Å². The van der Waals surface area contributed by atoms with Crippen molar-refractivity contribution in [3.05, 3.63) is 115 Å². The van der Waals surface area contributed by atoms with Crippen LogP contribution in [0.5, 0.6) is 0 Å². The molecule has 4 rings (SSSR count). The zero-order chi connectivity index (χ0) is 17.6. The van der Waals surface area contributed by atoms with Gasteiger partial charge in [-0.1, -0.05) is 0 Å². The minimum atomic E-state index is -1.26. The second-order valence-electron chi connectivity index (χ2n) is 5.82. The fourth-order valence-corrected chi connectivity index (χ4v) is 8.00. The molecular weight excluding hydrogens is 399 g/mol. The van der Waals surface area contributed by atoms with Crippen LogP contribution in [0.1, 0.15) is 0 Å². The number of hydrogen-bond acceptors (Lipinski definition) is 1. The van der Waals surface area contributed by atoms with Gasteiger partial charge in [0.15, 0.2) is 0 Å². The molecule has 2 heteroatoms. The molecule has 0 spiro atoms. The molecule has 0 saturated heterocycles. The van der Waals surface area contributed by atoms with Crippen LogP contribution >= 0.6 is 11.8 Å². The van der Waals surface area contributed by atoms with E-state index in [0.717, 1.165) is 0 Å². The first kappa shape index (κ1) is 17.2. The van der Waals surface area contributed by atoms with E-state index in [9.17, 15) is 0 Å². The van der Waals surface area contributed by atoms with Crippen molar-refractivity contribution >= 4 is 39.0 Å². The van der Waals surface area contributed by atoms with Gasteiger partial charge in [0.2, 0.25) is 0 Å². The van der Waals surface area contributed by atoms with Gasteiger partial charge >= 0.3 is 164 Å². The Morgan fingerprint density at radius 2 is 0.769 bits per heavy atom. The maximum atomic E-state index is 2.32. The average Bonchev–Trinajstić information content (AvgIpc) is 2.72. The van der Waals surface area contributed by atoms with Crippen molar-refractivity contribution in [2.24, 2.45) is 0 Å². The molecule has 26 heavy (non-hydrogen) atoms. The molecule has 0 heterocycles. The van der Waals surface area contributed by atoms with Crippen molar-refractivity contribution in [3.8, 4) is 0 Å². The predicted octanol–water partition coefficient (Wildman–Crippen LogP) is 4.35. The molecule has 0 unspecified atom stereocenters. The average molecular weight is 418 g/mol. The predicted molar refractivity (Wildman–Crippen MR) is 115 cm³/mol. The quantitative estimate of drug-likeness (QED) is 0.434. The van der Waals surface area contributed by atoms with Gasteiger partial charge < -0.3 is 0 Å². The zero-order valence-electron chi connectivity index (χ0n) is 14.3. The molecule has 0 aliphatic heterocycles. The van der Waals surface area contributed by atoms with E-state index in [4.69, 9.17) is 0 Å². The maximum absolute atomic E-state index is 2.32. The molecule has 126 valence electrons. The van der Waals surface area contributed by atoms with Gasteiger partial charge in [0.1, 0.15) is 0 Å². The Kier molecular flexibility index (Phi) is 5.56. The van der Waals surface area contributed by atoms with Crippen LogP contribution in [-0.2, 0) is 0 Å². The Bertz CT molecular complexity index is 896. The summed E-state index contributed by atoms with van der Waals surface area (Å²) in [4.78, 5) is 2.56. The van der Waals surface area contributed by atoms with Gasteiger partial charge in [0.05, 0.1) is 0 Å². The van der Waals surface area contributed by atoms with Crippen molar-refractivity contribution in [3.63, 3.8) is 0 Å². The molecule has 0 N–H and O–H groups in total. The summed E-state index contributed by atoms with van der Waals surface area (Å²) < 4.78 is 4.34. The summed E-state index contributed by atoms with van der Waals surface area (Å²) in [6.45, 7) is 0. The van der Waals surface area contributed by atoms with E-state index >= 15 is 0 Å². The van der Waals surface area contributed by atoms with Gasteiger partial charge in [-0.2, -0.15) is 0 Å². The van der Waals surface area contributed by atoms with E-state index in [-0.39, 0.29) is 0 Å². The monoisotopic (exact) mass is 419 g/mol. The van der Waals surface area contributed by atoms with Crippen LogP contribution in [-0.4, -0.2) is 13.9 Å². The van der Waals surface area contributed by atoms with E-state index in [1.807, 2.05) is 11.8 Å². The molecule has 0 atom stereocenters. The minimum absolute atomic E-state index is 1.26. The van der Waals surface area contributed by atoms with Crippen LogP contribution in [0.3, 0.4) is 0 Å². The molecule has 4 aromatic rings. The van der Waals surface area contributed by atoms with E-state index in [0.29, 0.717) is 0 Å². The summed E-state index contributed by atoms with van der Waals surface area (Å²) in [7, 11) is 0. The van der Waals surface area contributed by atoms with Crippen molar-refractivity contribution in [1.29, 1.82) is 0 Å². The fraction of sp³-hybridized carbons (Fsp3) is 0. The third kappa shape index (κ3) is 4.11. The van der Waals surface area contributed by atoms with Gasteiger partial charge in [-0.15, -0.1) is 0 Å². The van der Waals surface area contributed by atoms with Gasteiger partial charge in [0, 0.05) is 0 Å². The standard InChI is InChI=1S/C24H19SSe/c1-4-10-20(11-5-1)25-21-16-18-24(19-17-21)26(22-12-6-2-7-13-22)23-14-8-3-9-15-23/h1-19H/q+1. The second-order valence-corrected chi connectivity index (χ2v) is 11.2. The van der Waals surface area contributed by atoms with Crippen LogP contribution in [0.15, 0.2) is 125 Å². The third-order valence-electron chi connectivity index (χ3n) is 4.00. The topological polar surface area (TPSA) is 0 Å². The van der Waals surface area contributed by atoms with Crippen LogP contribution in [0.2, 0.25) is 0 Å². The SMILES string of the molecule is c1ccc(Sc2ccc([Se+](c3ccccc3)c3ccccc3)cc2)cc1. The summed E-state index contributed by atoms with van der Waals surface area (Å²) >= 11 is 0.558. The first-order chi connectivity index (χ1) is 12.9. The Balaban J connectivity index is 1.66. The Labute approximate surface area is 163 Å². The normalized spacial score (nSPS) is 10.8. The molecule has 0 nitrogen and oxygen atoms in total. The Hall–Kier alpha value is -2.25. The molecule has 0 aliphatic carbocycles. The first-order valence-electron chi connectivity index (χ1n) is 8.57. The van der Waals surface area contributed by atoms with Crippen LogP contribution in [0.4, 0.5) is 0 Å². The second kappa shape index (κ2) is 8.42. The van der Waals surface area contributed by atoms with E-state index in [1.54, 1.807) is 0 Å². The summed E-state index contributed by atoms with van der Waals surface area (Å²) in [5.74, 6) is 0. The molecule has 0 radical (unpaired) electrons. The molecular formula is C24H19SSe+. The van der Waals surface area contributed by atoms with Gasteiger partial charge in [-0.3, -0.25) is 0 Å². The van der Waals surface area contributed by atoms with Crippen molar-refractivity contribution in [2.45, 2.75) is 9.79 Å². The van der Waals surface area contributed by atoms with E-state index in [2.05, 4.69) is 115 Å². The van der Waals surface area contributed by atoms with Gasteiger partial charge in [-0.05, 0) is 0 Å². The number of rotatable bonds is 5. The van der Waals surface area contributed by atoms with Crippen molar-refractivity contribution in [1.82, 2.24) is 0 Å². The molecule has 0 saturated carbocycles. The molecule has 0 fully saturated rings. The Morgan fingerprint density at radius 3 is 1.27 bits per heavy atom. The van der Waals surface area contributed by atoms with Crippen molar-refractivity contribution < 1.29 is 0 Å². The fourth-order valence-electron chi connectivity index (χ4n) is 2.79. The van der Waals surface area contributed by atoms with Gasteiger partial charge in [-0.25, -0.2) is 0 Å². The summed E-state index contributed by atoms with van der Waals surface area (Å²) in [6.07, 6.45) is 0. The summed E-state index contributed by atoms with van der Waals surface area (Å²) in [5.41, 5.74) is 0. The molecule has 4 aromatic carbocycles. The molecule has 0 aliphatic rings. The van der Waals surface area contributed by atoms with E-state index in [1.165, 1.54) is 23.2 Å². The van der Waals surface area contributed by atoms with Crippen molar-refractivity contribution in [2.75, 3.05) is 0 Å². The first-order valence-corrected chi connectivity index (χ1v) is 12.0.